The average Bonchev–Trinajstić information content (AvgIpc) is 2.53. The molecule has 1 saturated heterocycles. The van der Waals surface area contributed by atoms with Crippen LogP contribution in [0.5, 0.6) is 0 Å². The Morgan fingerprint density at radius 1 is 1.30 bits per heavy atom. The molecule has 4 heteroatoms. The predicted octanol–water partition coefficient (Wildman–Crippen LogP) is 2.15. The van der Waals surface area contributed by atoms with E-state index < -0.39 is 0 Å². The van der Waals surface area contributed by atoms with Crippen LogP contribution in [0.1, 0.15) is 29.9 Å². The molecule has 1 heterocycles. The van der Waals surface area contributed by atoms with Gasteiger partial charge in [0.05, 0.1) is 13.2 Å². The van der Waals surface area contributed by atoms with Crippen molar-refractivity contribution in [3.8, 4) is 0 Å². The summed E-state index contributed by atoms with van der Waals surface area (Å²) in [7, 11) is 0. The maximum atomic E-state index is 12.1. The number of nitrogens with zero attached hydrogens (tertiary/aromatic N) is 1. The Bertz CT molecular complexity index is 469. The van der Waals surface area contributed by atoms with E-state index >= 15 is 0 Å². The molecule has 0 spiro atoms. The Balaban J connectivity index is 1.57. The highest BCUT2D eigenvalue weighted by molar-refractivity contribution is 5.74. The molecule has 1 aliphatic carbocycles. The molecular weight excluding hydrogens is 252 g/mol. The molecule has 1 fully saturated rings. The van der Waals surface area contributed by atoms with Gasteiger partial charge < -0.3 is 15.0 Å². The number of morpholine rings is 1. The van der Waals surface area contributed by atoms with Crippen molar-refractivity contribution in [2.75, 3.05) is 32.8 Å². The van der Waals surface area contributed by atoms with E-state index in [0.717, 1.165) is 6.54 Å². The highest BCUT2D eigenvalue weighted by atomic mass is 16.5. The lowest BCUT2D eigenvalue weighted by atomic mass is 9.83. The number of urea groups is 1. The van der Waals surface area contributed by atoms with Gasteiger partial charge in [0.2, 0.25) is 0 Å². The molecule has 20 heavy (non-hydrogen) atoms. The van der Waals surface area contributed by atoms with Gasteiger partial charge in [-0.05, 0) is 30.4 Å². The number of benzene rings is 1. The van der Waals surface area contributed by atoms with Gasteiger partial charge in [-0.25, -0.2) is 4.79 Å². The Morgan fingerprint density at radius 2 is 2.10 bits per heavy atom. The molecular formula is C16H22N2O2. The monoisotopic (exact) mass is 274 g/mol. The van der Waals surface area contributed by atoms with Crippen molar-refractivity contribution in [2.24, 2.45) is 0 Å². The molecule has 4 nitrogen and oxygen atoms in total. The first-order valence-electron chi connectivity index (χ1n) is 7.53. The van der Waals surface area contributed by atoms with E-state index in [-0.39, 0.29) is 6.03 Å². The van der Waals surface area contributed by atoms with Crippen LogP contribution in [0.4, 0.5) is 4.79 Å². The number of carbonyl (C=O) groups excluding carboxylic acids is 1. The van der Waals surface area contributed by atoms with E-state index in [2.05, 4.69) is 29.6 Å². The fourth-order valence-electron chi connectivity index (χ4n) is 3.16. The number of ether oxygens (including phenoxy) is 1. The molecule has 1 unspecified atom stereocenters. The van der Waals surface area contributed by atoms with Gasteiger partial charge in [-0.15, -0.1) is 0 Å². The Hall–Kier alpha value is -1.55. The fourth-order valence-corrected chi connectivity index (χ4v) is 3.16. The standard InChI is InChI=1S/C16H22N2O2/c19-16(18-8-10-20-11-9-18)17-12-14-6-3-5-13-4-1-2-7-15(13)14/h1-2,4,7,14H,3,5-6,8-12H2,(H,17,19). The smallest absolute Gasteiger partial charge is 0.317 e. The number of hydrogen-bond donors (Lipinski definition) is 1. The van der Waals surface area contributed by atoms with Gasteiger partial charge in [0.15, 0.2) is 0 Å². The summed E-state index contributed by atoms with van der Waals surface area (Å²) in [4.78, 5) is 14.0. The predicted molar refractivity (Wildman–Crippen MR) is 77.9 cm³/mol. The van der Waals surface area contributed by atoms with Crippen molar-refractivity contribution in [3.05, 3.63) is 35.4 Å². The van der Waals surface area contributed by atoms with E-state index in [4.69, 9.17) is 4.74 Å². The van der Waals surface area contributed by atoms with Crippen LogP contribution in [0.15, 0.2) is 24.3 Å². The Kier molecular flexibility index (Phi) is 4.21. The summed E-state index contributed by atoms with van der Waals surface area (Å²) in [6.07, 6.45) is 3.56. The lowest BCUT2D eigenvalue weighted by Crippen LogP contribution is -2.47. The van der Waals surface area contributed by atoms with Crippen LogP contribution in [0, 0.1) is 0 Å². The summed E-state index contributed by atoms with van der Waals surface area (Å²) >= 11 is 0. The summed E-state index contributed by atoms with van der Waals surface area (Å²) in [5.41, 5.74) is 2.87. The first kappa shape index (κ1) is 13.4. The number of amides is 2. The molecule has 0 radical (unpaired) electrons. The second-order valence-electron chi connectivity index (χ2n) is 5.57. The number of fused-ring (bicyclic) bond motifs is 1. The molecule has 1 atom stereocenters. The van der Waals surface area contributed by atoms with Crippen LogP contribution < -0.4 is 5.32 Å². The number of carbonyl (C=O) groups is 1. The highest BCUT2D eigenvalue weighted by Crippen LogP contribution is 2.30. The maximum Gasteiger partial charge on any atom is 0.317 e. The molecule has 1 aromatic carbocycles. The van der Waals surface area contributed by atoms with Gasteiger partial charge in [-0.2, -0.15) is 0 Å². The van der Waals surface area contributed by atoms with Crippen molar-refractivity contribution in [1.29, 1.82) is 0 Å². The third-order valence-electron chi connectivity index (χ3n) is 4.29. The summed E-state index contributed by atoms with van der Waals surface area (Å²) in [5.74, 6) is 0.463. The normalized spacial score (nSPS) is 22.2. The van der Waals surface area contributed by atoms with Crippen molar-refractivity contribution in [2.45, 2.75) is 25.2 Å². The molecule has 1 aromatic rings. The first-order valence-corrected chi connectivity index (χ1v) is 7.53. The SMILES string of the molecule is O=C(NCC1CCCc2ccccc21)N1CCOCC1. The van der Waals surface area contributed by atoms with Crippen molar-refractivity contribution in [1.82, 2.24) is 10.2 Å². The molecule has 0 bridgehead atoms. The zero-order chi connectivity index (χ0) is 13.8. The molecule has 1 aliphatic heterocycles. The van der Waals surface area contributed by atoms with Gasteiger partial charge in [-0.3, -0.25) is 0 Å². The average molecular weight is 274 g/mol. The van der Waals surface area contributed by atoms with Gasteiger partial charge >= 0.3 is 6.03 Å². The van der Waals surface area contributed by atoms with E-state index in [1.54, 1.807) is 0 Å². The minimum absolute atomic E-state index is 0.0522. The van der Waals surface area contributed by atoms with Crippen LogP contribution in [0.2, 0.25) is 0 Å². The van der Waals surface area contributed by atoms with E-state index in [1.807, 2.05) is 4.90 Å². The number of rotatable bonds is 2. The van der Waals surface area contributed by atoms with Crippen LogP contribution >= 0.6 is 0 Å². The van der Waals surface area contributed by atoms with Crippen molar-refractivity contribution >= 4 is 6.03 Å². The lowest BCUT2D eigenvalue weighted by molar-refractivity contribution is 0.0531. The zero-order valence-corrected chi connectivity index (χ0v) is 11.8. The molecule has 0 saturated carbocycles. The second-order valence-corrected chi connectivity index (χ2v) is 5.57. The second kappa shape index (κ2) is 6.27. The molecule has 0 aromatic heterocycles. The molecule has 2 amide bonds. The van der Waals surface area contributed by atoms with Gasteiger partial charge in [0.25, 0.3) is 0 Å². The summed E-state index contributed by atoms with van der Waals surface area (Å²) in [5, 5.41) is 3.09. The third kappa shape index (κ3) is 2.96. The summed E-state index contributed by atoms with van der Waals surface area (Å²) in [6.45, 7) is 3.45. The zero-order valence-electron chi connectivity index (χ0n) is 11.8. The number of aryl methyl sites for hydroxylation is 1. The van der Waals surface area contributed by atoms with E-state index in [9.17, 15) is 4.79 Å². The maximum absolute atomic E-state index is 12.1. The van der Waals surface area contributed by atoms with Gasteiger partial charge in [-0.1, -0.05) is 24.3 Å². The highest BCUT2D eigenvalue weighted by Gasteiger charge is 2.22. The Morgan fingerprint density at radius 3 is 2.95 bits per heavy atom. The summed E-state index contributed by atoms with van der Waals surface area (Å²) < 4.78 is 5.27. The van der Waals surface area contributed by atoms with E-state index in [0.29, 0.717) is 32.2 Å². The summed E-state index contributed by atoms with van der Waals surface area (Å²) in [6, 6.07) is 8.68. The molecule has 3 rings (SSSR count). The van der Waals surface area contributed by atoms with Crippen molar-refractivity contribution < 1.29 is 9.53 Å². The first-order chi connectivity index (χ1) is 9.84. The van der Waals surface area contributed by atoms with Crippen molar-refractivity contribution in [3.63, 3.8) is 0 Å². The van der Waals surface area contributed by atoms with Gasteiger partial charge in [0.1, 0.15) is 0 Å². The van der Waals surface area contributed by atoms with Crippen LogP contribution in [0.3, 0.4) is 0 Å². The number of hydrogen-bond acceptors (Lipinski definition) is 2. The Labute approximate surface area is 120 Å². The van der Waals surface area contributed by atoms with E-state index in [1.165, 1.54) is 30.4 Å². The third-order valence-corrected chi connectivity index (χ3v) is 4.29. The quantitative estimate of drug-likeness (QED) is 0.898. The largest absolute Gasteiger partial charge is 0.378 e. The molecule has 108 valence electrons. The minimum Gasteiger partial charge on any atom is -0.378 e. The minimum atomic E-state index is 0.0522. The topological polar surface area (TPSA) is 41.6 Å². The molecule has 2 aliphatic rings. The molecule has 1 N–H and O–H groups in total. The van der Waals surface area contributed by atoms with Gasteiger partial charge in [0, 0.05) is 25.6 Å². The van der Waals surface area contributed by atoms with Crippen LogP contribution in [-0.2, 0) is 11.2 Å². The van der Waals surface area contributed by atoms with Crippen LogP contribution in [0.25, 0.3) is 0 Å². The number of nitrogens with one attached hydrogen (secondary N) is 1. The van der Waals surface area contributed by atoms with Crippen LogP contribution in [-0.4, -0.2) is 43.8 Å². The fraction of sp³-hybridized carbons (Fsp3) is 0.562. The lowest BCUT2D eigenvalue weighted by Gasteiger charge is -2.29.